The minimum atomic E-state index is -1.54. The van der Waals surface area contributed by atoms with E-state index < -0.39 is 275 Å². The first-order valence-corrected chi connectivity index (χ1v) is 39.3. The van der Waals surface area contributed by atoms with Crippen LogP contribution in [0.5, 0.6) is 0 Å². The quantitative estimate of drug-likeness (QED) is 0.0158. The van der Waals surface area contributed by atoms with Crippen LogP contribution in [0.4, 0.5) is 0 Å². The van der Waals surface area contributed by atoms with Gasteiger partial charge in [-0.3, -0.25) is 101 Å². The summed E-state index contributed by atoms with van der Waals surface area (Å²) in [7, 11) is 0. The van der Waals surface area contributed by atoms with Crippen molar-refractivity contribution in [3.05, 3.63) is 0 Å². The molecule has 0 bridgehead atoms. The molecule has 16 atom stereocenters. The summed E-state index contributed by atoms with van der Waals surface area (Å²) in [5.41, 5.74) is 0. The van der Waals surface area contributed by atoms with Gasteiger partial charge in [-0.2, -0.15) is 0 Å². The van der Waals surface area contributed by atoms with E-state index in [-0.39, 0.29) is 97.4 Å². The van der Waals surface area contributed by atoms with Gasteiger partial charge in [-0.25, -0.2) is 0 Å². The Morgan fingerprint density at radius 1 is 0.331 bits per heavy atom. The molecule has 682 valence electrons. The number of unbranched alkanes of at least 4 members (excludes halogenated alkanes) is 4. The number of ether oxygens (including phenoxy) is 15. The van der Waals surface area contributed by atoms with Gasteiger partial charge in [-0.15, -0.1) is 0 Å². The second kappa shape index (κ2) is 56.0. The number of carbonyl (C=O) groups is 20. The van der Waals surface area contributed by atoms with Crippen molar-refractivity contribution in [3.8, 4) is 0 Å². The fourth-order valence-corrected chi connectivity index (χ4v) is 12.5. The second-order valence-electron chi connectivity index (χ2n) is 28.1. The van der Waals surface area contributed by atoms with Gasteiger partial charge in [-0.1, -0.05) is 0 Å². The van der Waals surface area contributed by atoms with Gasteiger partial charge in [-0.05, 0) is 57.8 Å². The minimum absolute atomic E-state index is 0.0136. The molecule has 0 aromatic heterocycles. The number of aliphatic carboxylic acids is 1. The smallest absolute Gasteiger partial charge is 0.303 e. The molecule has 0 spiro atoms. The average Bonchev–Trinajstić information content (AvgIpc) is 0.796. The van der Waals surface area contributed by atoms with Gasteiger partial charge >= 0.3 is 59.7 Å². The monoisotopic (exact) mass is 1730 g/mol. The Labute approximate surface area is 697 Å². The highest BCUT2D eigenvalue weighted by Crippen LogP contribution is 2.32. The first-order chi connectivity index (χ1) is 57.1. The van der Waals surface area contributed by atoms with E-state index in [0.717, 1.165) is 74.1 Å². The number of hydrogen-bond donors (Lipinski definition) is 10. The molecule has 46 nitrogen and oxygen atoms in total. The molecule has 3 aliphatic heterocycles. The molecule has 0 aromatic carbocycles. The van der Waals surface area contributed by atoms with Gasteiger partial charge in [0.1, 0.15) is 62.0 Å². The van der Waals surface area contributed by atoms with Crippen LogP contribution in [-0.2, 0) is 167 Å². The molecule has 3 aliphatic rings. The molecule has 7 unspecified atom stereocenters. The molecular weight excluding hydrogens is 1620 g/mol. The van der Waals surface area contributed by atoms with Crippen molar-refractivity contribution in [2.45, 2.75) is 265 Å². The lowest BCUT2D eigenvalue weighted by Crippen LogP contribution is -2.66. The number of rotatable bonds is 54. The maximum absolute atomic E-state index is 14.4. The SMILES string of the molecule is CC(=O)NC1[C@H](OCCCCCNC(=O)CNC(=O)C(CCNC(=O)CCCC(=O)O)N(CC(=O)CCC(=O)NCCCCO[C@@H]2OC(COC(C)=O)[C@H](OC(C)=O)[C@H](OC(C)=O)C2NC(C)=O)CC(=O)NCC(=O)NCCCCO[C@@H]2OC(COC(C)=O)[C@H](OC(C)=O)[C@H](OC(C)=O)C2NC(C)=O)OC(COC(C)=O)[C@H](OC(C)=O)[C@@H]1OC(C)=O. The highest BCUT2D eigenvalue weighted by Gasteiger charge is 2.54. The number of Topliss-reactive ketones (excluding diaryl/α,β-unsaturated/α-hetero) is 1. The van der Waals surface area contributed by atoms with Crippen LogP contribution in [0.3, 0.4) is 0 Å². The number of nitrogens with one attached hydrogen (secondary N) is 9. The van der Waals surface area contributed by atoms with Crippen molar-refractivity contribution in [2.24, 2.45) is 0 Å². The van der Waals surface area contributed by atoms with Gasteiger partial charge in [0.15, 0.2) is 55.5 Å². The van der Waals surface area contributed by atoms with E-state index >= 15 is 0 Å². The van der Waals surface area contributed by atoms with Crippen LogP contribution < -0.4 is 47.9 Å². The number of carboxylic acid groups (broad SMARTS) is 1. The Bertz CT molecular complexity index is 3400. The third kappa shape index (κ3) is 42.9. The summed E-state index contributed by atoms with van der Waals surface area (Å²) in [5.74, 6) is -15.3. The largest absolute Gasteiger partial charge is 0.481 e. The molecule has 0 saturated carbocycles. The van der Waals surface area contributed by atoms with E-state index in [2.05, 4.69) is 47.9 Å². The van der Waals surface area contributed by atoms with Crippen molar-refractivity contribution < 1.29 is 172 Å². The third-order valence-electron chi connectivity index (χ3n) is 17.5. The Kier molecular flexibility index (Phi) is 48.4. The Morgan fingerprint density at radius 2 is 0.661 bits per heavy atom. The summed E-state index contributed by atoms with van der Waals surface area (Å²) in [5, 5.41) is 32.4. The summed E-state index contributed by atoms with van der Waals surface area (Å²) in [6.45, 7) is 8.54. The maximum atomic E-state index is 14.4. The zero-order valence-corrected chi connectivity index (χ0v) is 70.0. The molecule has 9 amide bonds. The fourth-order valence-electron chi connectivity index (χ4n) is 12.5. The van der Waals surface area contributed by atoms with E-state index in [4.69, 9.17) is 76.2 Å². The molecule has 3 rings (SSSR count). The number of nitrogens with zero attached hydrogens (tertiary/aromatic N) is 1. The van der Waals surface area contributed by atoms with Gasteiger partial charge < -0.3 is 124 Å². The Morgan fingerprint density at radius 3 is 1.02 bits per heavy atom. The molecule has 10 N–H and O–H groups in total. The third-order valence-corrected chi connectivity index (χ3v) is 17.5. The van der Waals surface area contributed by atoms with Crippen LogP contribution >= 0.6 is 0 Å². The lowest BCUT2D eigenvalue weighted by Gasteiger charge is -2.44. The first-order valence-electron chi connectivity index (χ1n) is 39.3. The van der Waals surface area contributed by atoms with Crippen molar-refractivity contribution in [1.82, 2.24) is 52.8 Å². The standard InChI is InChI=1S/C75H116N10O36/c1-40(86)82-63-69(116-49(10)95)66(113-46(7)92)54(37-110-43(4)89)119-73(63)107-30-17-13-14-26-77-60(102)34-81-72(106)53(25-29-79-57(99)21-20-22-62(104)105)85(35-52(98)23-24-58(100)76-27-15-18-31-108-74-64(83-41(2)87)70(117-50(11)96)67(114-47(8)93)55(120-74)38-111-44(5)90)36-61(103)80-33-59(101)78-28-16-19-32-109-75-65(84-42(3)88)71(118-51(12)97)68(115-48(9)94)56(121-75)39-112-45(6)91/h53-56,63-71,73-75H,13-39H2,1-12H3,(H,76,100)(H,77,102)(H,78,101)(H,79,99)(H,80,103)(H,81,106)(H,82,86)(H,83,87)(H,84,88)(H,104,105)/t53?,54?,55?,56?,63?,64?,65?,66-,67-,68-,69+,70+,71+,73+,74+,75+/m0/s1. The van der Waals surface area contributed by atoms with Crippen molar-refractivity contribution in [2.75, 3.05) is 92.0 Å². The molecule has 3 saturated heterocycles. The number of carbonyl (C=O) groups excluding carboxylic acids is 19. The summed E-state index contributed by atoms with van der Waals surface area (Å²) in [4.78, 5) is 254. The maximum Gasteiger partial charge on any atom is 0.303 e. The summed E-state index contributed by atoms with van der Waals surface area (Å²) < 4.78 is 84.1. The normalized spacial score (nSPS) is 22.4. The van der Waals surface area contributed by atoms with E-state index in [1.165, 1.54) is 13.8 Å². The molecular formula is C75H116N10O36. The Balaban J connectivity index is 1.81. The highest BCUT2D eigenvalue weighted by molar-refractivity contribution is 5.91. The number of amides is 9. The number of ketones is 1. The van der Waals surface area contributed by atoms with Crippen molar-refractivity contribution >= 4 is 119 Å². The highest BCUT2D eigenvalue weighted by atomic mass is 16.7. The van der Waals surface area contributed by atoms with Gasteiger partial charge in [0.05, 0.1) is 32.2 Å². The summed E-state index contributed by atoms with van der Waals surface area (Å²) >= 11 is 0. The Hall–Kier alpha value is -10.7. The fraction of sp³-hybridized carbons (Fsp3) is 0.733. The molecule has 3 heterocycles. The lowest BCUT2D eigenvalue weighted by molar-refractivity contribution is -0.277. The van der Waals surface area contributed by atoms with Crippen LogP contribution in [0, 0.1) is 0 Å². The molecule has 0 aromatic rings. The van der Waals surface area contributed by atoms with E-state index in [9.17, 15) is 95.9 Å². The topological polar surface area (TPSA) is 612 Å². The van der Waals surface area contributed by atoms with Crippen LogP contribution in [0.2, 0.25) is 0 Å². The average molecular weight is 1730 g/mol. The predicted molar refractivity (Wildman–Crippen MR) is 406 cm³/mol. The number of hydrogen-bond acceptors (Lipinski definition) is 36. The van der Waals surface area contributed by atoms with Crippen LogP contribution in [0.15, 0.2) is 0 Å². The predicted octanol–water partition coefficient (Wildman–Crippen LogP) is -3.90. The van der Waals surface area contributed by atoms with Crippen molar-refractivity contribution in [3.63, 3.8) is 0 Å². The minimum Gasteiger partial charge on any atom is -0.481 e. The van der Waals surface area contributed by atoms with E-state index in [0.29, 0.717) is 19.3 Å². The number of carboxylic acids is 1. The lowest BCUT2D eigenvalue weighted by atomic mass is 9.96. The van der Waals surface area contributed by atoms with Crippen LogP contribution in [-0.4, -0.2) is 319 Å². The zero-order chi connectivity index (χ0) is 90.4. The number of esters is 9. The molecule has 121 heavy (non-hydrogen) atoms. The molecule has 0 aliphatic carbocycles. The van der Waals surface area contributed by atoms with E-state index in [1.807, 2.05) is 0 Å². The first kappa shape index (κ1) is 105. The molecule has 46 heteroatoms. The second-order valence-corrected chi connectivity index (χ2v) is 28.1. The van der Waals surface area contributed by atoms with Gasteiger partial charge in [0.25, 0.3) is 0 Å². The molecule has 0 radical (unpaired) electrons. The van der Waals surface area contributed by atoms with Gasteiger partial charge in [0.2, 0.25) is 53.2 Å². The summed E-state index contributed by atoms with van der Waals surface area (Å²) in [6.07, 6.45) is -16.0. The molecule has 3 fully saturated rings. The van der Waals surface area contributed by atoms with E-state index in [1.54, 1.807) is 0 Å². The van der Waals surface area contributed by atoms with Crippen molar-refractivity contribution in [1.29, 1.82) is 0 Å². The van der Waals surface area contributed by atoms with Gasteiger partial charge in [0, 0.05) is 155 Å². The summed E-state index contributed by atoms with van der Waals surface area (Å²) in [6, 6.07) is -5.26. The zero-order valence-electron chi connectivity index (χ0n) is 70.0. The van der Waals surface area contributed by atoms with Crippen LogP contribution in [0.1, 0.15) is 167 Å². The van der Waals surface area contributed by atoms with Crippen LogP contribution in [0.25, 0.3) is 0 Å².